The molecule has 0 bridgehead atoms. The van der Waals surface area contributed by atoms with Gasteiger partial charge >= 0.3 is 0 Å². The van der Waals surface area contributed by atoms with Gasteiger partial charge in [0.25, 0.3) is 0 Å². The molecule has 0 saturated carbocycles. The molecule has 0 saturated heterocycles. The van der Waals surface area contributed by atoms with Gasteiger partial charge in [0.15, 0.2) is 11.5 Å². The van der Waals surface area contributed by atoms with Crippen LogP contribution in [0.2, 0.25) is 0 Å². The van der Waals surface area contributed by atoms with Gasteiger partial charge in [-0.15, -0.1) is 0 Å². The predicted molar refractivity (Wildman–Crippen MR) is 77.6 cm³/mol. The van der Waals surface area contributed by atoms with E-state index in [0.717, 1.165) is 16.7 Å². The Kier molecular flexibility index (Phi) is 4.07. The van der Waals surface area contributed by atoms with Crippen molar-refractivity contribution in [1.29, 1.82) is 0 Å². The van der Waals surface area contributed by atoms with Crippen molar-refractivity contribution in [2.24, 2.45) is 5.73 Å². The van der Waals surface area contributed by atoms with Gasteiger partial charge in [0.05, 0.1) is 14.2 Å². The lowest BCUT2D eigenvalue weighted by molar-refractivity contribution is 0.352. The smallest absolute Gasteiger partial charge is 0.165 e. The van der Waals surface area contributed by atoms with E-state index < -0.39 is 0 Å². The molecule has 0 amide bonds. The molecular formula is C16H19NO2. The van der Waals surface area contributed by atoms with Crippen LogP contribution in [0, 0.1) is 6.92 Å². The maximum atomic E-state index is 5.79. The summed E-state index contributed by atoms with van der Waals surface area (Å²) in [6, 6.07) is 12.4. The maximum Gasteiger partial charge on any atom is 0.165 e. The fourth-order valence-electron chi connectivity index (χ4n) is 2.19. The Bertz CT molecular complexity index is 554. The van der Waals surface area contributed by atoms with Crippen molar-refractivity contribution in [3.05, 3.63) is 47.5 Å². The average Bonchev–Trinajstić information content (AvgIpc) is 2.45. The van der Waals surface area contributed by atoms with Gasteiger partial charge in [0.1, 0.15) is 0 Å². The quantitative estimate of drug-likeness (QED) is 0.915. The van der Waals surface area contributed by atoms with Crippen LogP contribution in [-0.4, -0.2) is 14.2 Å². The summed E-state index contributed by atoms with van der Waals surface area (Å²) in [7, 11) is 3.27. The highest BCUT2D eigenvalue weighted by Crippen LogP contribution is 2.36. The fraction of sp³-hybridized carbons (Fsp3) is 0.250. The van der Waals surface area contributed by atoms with Crippen LogP contribution in [0.1, 0.15) is 11.1 Å². The highest BCUT2D eigenvalue weighted by Gasteiger charge is 2.12. The second-order valence-corrected chi connectivity index (χ2v) is 4.44. The summed E-state index contributed by atoms with van der Waals surface area (Å²) in [6.45, 7) is 2.49. The van der Waals surface area contributed by atoms with E-state index in [9.17, 15) is 0 Å². The summed E-state index contributed by atoms with van der Waals surface area (Å²) < 4.78 is 10.8. The number of aryl methyl sites for hydroxylation is 1. The van der Waals surface area contributed by atoms with Crippen LogP contribution < -0.4 is 15.2 Å². The molecular weight excluding hydrogens is 238 g/mol. The molecule has 0 fully saturated rings. The van der Waals surface area contributed by atoms with Crippen molar-refractivity contribution >= 4 is 0 Å². The predicted octanol–water partition coefficient (Wildman–Crippen LogP) is 3.14. The Hall–Kier alpha value is -2.00. The summed E-state index contributed by atoms with van der Waals surface area (Å²) in [6.07, 6.45) is 0. The standard InChI is InChI=1S/C16H19NO2/c1-11-5-4-6-12(7-11)13-8-14(10-17)16(19-3)15(9-13)18-2/h4-9H,10,17H2,1-3H3. The van der Waals surface area contributed by atoms with Crippen LogP contribution in [0.25, 0.3) is 11.1 Å². The average molecular weight is 257 g/mol. The topological polar surface area (TPSA) is 44.5 Å². The molecule has 0 aliphatic rings. The molecule has 3 heteroatoms. The first-order chi connectivity index (χ1) is 9.19. The van der Waals surface area contributed by atoms with Crippen LogP contribution >= 0.6 is 0 Å². The van der Waals surface area contributed by atoms with Gasteiger partial charge in [0, 0.05) is 12.1 Å². The molecule has 2 N–H and O–H groups in total. The van der Waals surface area contributed by atoms with Gasteiger partial charge in [-0.2, -0.15) is 0 Å². The Morgan fingerprint density at radius 3 is 2.37 bits per heavy atom. The maximum absolute atomic E-state index is 5.79. The van der Waals surface area contributed by atoms with Crippen LogP contribution in [0.3, 0.4) is 0 Å². The summed E-state index contributed by atoms with van der Waals surface area (Å²) >= 11 is 0. The zero-order valence-corrected chi connectivity index (χ0v) is 11.6. The number of rotatable bonds is 4. The van der Waals surface area contributed by atoms with E-state index in [-0.39, 0.29) is 0 Å². The zero-order chi connectivity index (χ0) is 13.8. The molecule has 0 aliphatic carbocycles. The van der Waals surface area contributed by atoms with Crippen molar-refractivity contribution in [2.45, 2.75) is 13.5 Å². The second-order valence-electron chi connectivity index (χ2n) is 4.44. The summed E-state index contributed by atoms with van der Waals surface area (Å²) in [4.78, 5) is 0. The highest BCUT2D eigenvalue weighted by molar-refractivity contribution is 5.69. The minimum atomic E-state index is 0.416. The van der Waals surface area contributed by atoms with E-state index in [1.54, 1.807) is 14.2 Å². The van der Waals surface area contributed by atoms with Crippen molar-refractivity contribution in [2.75, 3.05) is 14.2 Å². The lowest BCUT2D eigenvalue weighted by Crippen LogP contribution is -2.02. The highest BCUT2D eigenvalue weighted by atomic mass is 16.5. The number of ether oxygens (including phenoxy) is 2. The third-order valence-corrected chi connectivity index (χ3v) is 3.13. The fourth-order valence-corrected chi connectivity index (χ4v) is 2.19. The first kappa shape index (κ1) is 13.4. The van der Waals surface area contributed by atoms with E-state index >= 15 is 0 Å². The lowest BCUT2D eigenvalue weighted by atomic mass is 10.00. The van der Waals surface area contributed by atoms with Gasteiger partial charge < -0.3 is 15.2 Å². The van der Waals surface area contributed by atoms with Crippen LogP contribution in [0.5, 0.6) is 11.5 Å². The molecule has 0 spiro atoms. The number of benzene rings is 2. The molecule has 0 radical (unpaired) electrons. The lowest BCUT2D eigenvalue weighted by Gasteiger charge is -2.14. The van der Waals surface area contributed by atoms with Gasteiger partial charge in [-0.3, -0.25) is 0 Å². The third kappa shape index (κ3) is 2.71. The summed E-state index contributed by atoms with van der Waals surface area (Å²) in [5.74, 6) is 1.42. The monoisotopic (exact) mass is 257 g/mol. The Morgan fingerprint density at radius 2 is 1.79 bits per heavy atom. The molecule has 0 unspecified atom stereocenters. The molecule has 0 aliphatic heterocycles. The van der Waals surface area contributed by atoms with Crippen molar-refractivity contribution in [3.63, 3.8) is 0 Å². The zero-order valence-electron chi connectivity index (χ0n) is 11.6. The van der Waals surface area contributed by atoms with Crippen LogP contribution in [0.15, 0.2) is 36.4 Å². The largest absolute Gasteiger partial charge is 0.493 e. The molecule has 3 nitrogen and oxygen atoms in total. The summed E-state index contributed by atoms with van der Waals surface area (Å²) in [5, 5.41) is 0. The first-order valence-electron chi connectivity index (χ1n) is 6.21. The molecule has 19 heavy (non-hydrogen) atoms. The van der Waals surface area contributed by atoms with Gasteiger partial charge in [-0.1, -0.05) is 29.8 Å². The van der Waals surface area contributed by atoms with E-state index in [4.69, 9.17) is 15.2 Å². The third-order valence-electron chi connectivity index (χ3n) is 3.13. The summed E-state index contributed by atoms with van der Waals surface area (Å²) in [5.41, 5.74) is 10.2. The number of methoxy groups -OCH3 is 2. The van der Waals surface area contributed by atoms with E-state index in [1.165, 1.54) is 5.56 Å². The molecule has 0 heterocycles. The molecule has 100 valence electrons. The Labute approximate surface area is 114 Å². The minimum absolute atomic E-state index is 0.416. The van der Waals surface area contributed by atoms with Gasteiger partial charge in [0.2, 0.25) is 0 Å². The molecule has 2 rings (SSSR count). The van der Waals surface area contributed by atoms with Crippen LogP contribution in [0.4, 0.5) is 0 Å². The van der Waals surface area contributed by atoms with E-state index in [2.05, 4.69) is 31.2 Å². The van der Waals surface area contributed by atoms with Gasteiger partial charge in [-0.05, 0) is 30.2 Å². The number of hydrogen-bond donors (Lipinski definition) is 1. The Morgan fingerprint density at radius 1 is 1.00 bits per heavy atom. The van der Waals surface area contributed by atoms with Crippen LogP contribution in [-0.2, 0) is 6.54 Å². The molecule has 2 aromatic rings. The van der Waals surface area contributed by atoms with E-state index in [0.29, 0.717) is 18.0 Å². The van der Waals surface area contributed by atoms with Crippen molar-refractivity contribution < 1.29 is 9.47 Å². The van der Waals surface area contributed by atoms with Crippen molar-refractivity contribution in [1.82, 2.24) is 0 Å². The molecule has 0 aromatic heterocycles. The number of hydrogen-bond acceptors (Lipinski definition) is 3. The van der Waals surface area contributed by atoms with Gasteiger partial charge in [-0.25, -0.2) is 0 Å². The first-order valence-corrected chi connectivity index (χ1v) is 6.21. The second kappa shape index (κ2) is 5.76. The number of nitrogens with two attached hydrogens (primary N) is 1. The van der Waals surface area contributed by atoms with E-state index in [1.807, 2.05) is 12.1 Å². The molecule has 2 aromatic carbocycles. The van der Waals surface area contributed by atoms with Crippen molar-refractivity contribution in [3.8, 4) is 22.6 Å². The SMILES string of the molecule is COc1cc(-c2cccc(C)c2)cc(CN)c1OC. The Balaban J connectivity index is 2.59. The normalized spacial score (nSPS) is 10.3. The molecule has 0 atom stereocenters. The minimum Gasteiger partial charge on any atom is -0.493 e.